The summed E-state index contributed by atoms with van der Waals surface area (Å²) in [5.41, 5.74) is 7.75. The van der Waals surface area contributed by atoms with Gasteiger partial charge in [0.1, 0.15) is 5.69 Å². The Balaban J connectivity index is 2.21. The summed E-state index contributed by atoms with van der Waals surface area (Å²) in [6.45, 7) is 0. The number of anilines is 1. The van der Waals surface area contributed by atoms with Crippen LogP contribution in [0.4, 0.5) is 17.1 Å². The van der Waals surface area contributed by atoms with E-state index in [0.717, 1.165) is 5.69 Å². The van der Waals surface area contributed by atoms with E-state index in [1.165, 1.54) is 0 Å². The molecule has 2 aromatic carbocycles. The maximum atomic E-state index is 5.76. The predicted octanol–water partition coefficient (Wildman–Crippen LogP) is 4.34. The molecule has 3 nitrogen and oxygen atoms in total. The molecule has 4 heteroatoms. The molecule has 0 radical (unpaired) electrons. The van der Waals surface area contributed by atoms with Gasteiger partial charge in [-0.25, -0.2) is 0 Å². The molecule has 0 saturated heterocycles. The third kappa shape index (κ3) is 2.58. The number of nitrogen functional groups attached to an aromatic ring is 1. The highest BCUT2D eigenvalue weighted by Gasteiger charge is 1.94. The van der Waals surface area contributed by atoms with Crippen molar-refractivity contribution in [3.8, 4) is 0 Å². The van der Waals surface area contributed by atoms with Crippen LogP contribution in [-0.4, -0.2) is 0 Å². The fourth-order valence-corrected chi connectivity index (χ4v) is 1.32. The lowest BCUT2D eigenvalue weighted by Crippen LogP contribution is -1.82. The number of hydrogen-bond donors (Lipinski definition) is 1. The van der Waals surface area contributed by atoms with Crippen LogP contribution in [0.25, 0.3) is 0 Å². The van der Waals surface area contributed by atoms with Crippen LogP contribution >= 0.6 is 11.6 Å². The summed E-state index contributed by atoms with van der Waals surface area (Å²) < 4.78 is 0. The second kappa shape index (κ2) is 4.77. The van der Waals surface area contributed by atoms with E-state index in [1.54, 1.807) is 30.3 Å². The van der Waals surface area contributed by atoms with Gasteiger partial charge >= 0.3 is 0 Å². The normalized spacial score (nSPS) is 10.8. The predicted molar refractivity (Wildman–Crippen MR) is 66.5 cm³/mol. The van der Waals surface area contributed by atoms with Gasteiger partial charge in [0.05, 0.1) is 11.4 Å². The molecule has 2 aromatic rings. The van der Waals surface area contributed by atoms with Gasteiger partial charge in [0.15, 0.2) is 0 Å². The van der Waals surface area contributed by atoms with E-state index in [4.69, 9.17) is 17.3 Å². The van der Waals surface area contributed by atoms with E-state index in [0.29, 0.717) is 16.4 Å². The molecule has 0 unspecified atom stereocenters. The second-order valence-corrected chi connectivity index (χ2v) is 3.67. The smallest absolute Gasteiger partial charge is 0.109 e. The van der Waals surface area contributed by atoms with Crippen molar-refractivity contribution in [2.24, 2.45) is 10.2 Å². The van der Waals surface area contributed by atoms with Crippen molar-refractivity contribution < 1.29 is 0 Å². The first-order valence-corrected chi connectivity index (χ1v) is 5.15. The first kappa shape index (κ1) is 10.6. The molecule has 16 heavy (non-hydrogen) atoms. The Morgan fingerprint density at radius 1 is 0.875 bits per heavy atom. The number of nitrogens with two attached hydrogens (primary N) is 1. The number of rotatable bonds is 2. The molecule has 2 N–H and O–H groups in total. The van der Waals surface area contributed by atoms with Gasteiger partial charge in [0.2, 0.25) is 0 Å². The zero-order chi connectivity index (χ0) is 11.4. The van der Waals surface area contributed by atoms with Crippen LogP contribution in [0.3, 0.4) is 0 Å². The van der Waals surface area contributed by atoms with Gasteiger partial charge in [-0.05, 0) is 36.4 Å². The topological polar surface area (TPSA) is 50.7 Å². The average Bonchev–Trinajstić information content (AvgIpc) is 2.30. The first-order valence-electron chi connectivity index (χ1n) is 4.77. The number of para-hydroxylation sites is 1. The quantitative estimate of drug-likeness (QED) is 0.607. The third-order valence-electron chi connectivity index (χ3n) is 2.04. The Labute approximate surface area is 98.6 Å². The molecule has 0 aliphatic rings. The van der Waals surface area contributed by atoms with Crippen LogP contribution in [0.5, 0.6) is 0 Å². The maximum absolute atomic E-state index is 5.76. The van der Waals surface area contributed by atoms with E-state index in [9.17, 15) is 0 Å². The van der Waals surface area contributed by atoms with Gasteiger partial charge in [0, 0.05) is 5.02 Å². The van der Waals surface area contributed by atoms with Crippen molar-refractivity contribution in [1.29, 1.82) is 0 Å². The van der Waals surface area contributed by atoms with Crippen molar-refractivity contribution in [3.63, 3.8) is 0 Å². The lowest BCUT2D eigenvalue weighted by Gasteiger charge is -1.97. The summed E-state index contributed by atoms with van der Waals surface area (Å²) in [6.07, 6.45) is 0. The summed E-state index contributed by atoms with van der Waals surface area (Å²) in [6, 6.07) is 14.5. The molecular weight excluding hydrogens is 222 g/mol. The molecule has 0 atom stereocenters. The van der Waals surface area contributed by atoms with Gasteiger partial charge in [-0.2, -0.15) is 5.11 Å². The van der Waals surface area contributed by atoms with Crippen molar-refractivity contribution in [2.45, 2.75) is 0 Å². The lowest BCUT2D eigenvalue weighted by atomic mass is 10.3. The number of benzene rings is 2. The molecule has 80 valence electrons. The molecule has 0 aromatic heterocycles. The van der Waals surface area contributed by atoms with Crippen LogP contribution in [0, 0.1) is 0 Å². The molecule has 0 saturated carbocycles. The zero-order valence-corrected chi connectivity index (χ0v) is 9.22. The summed E-state index contributed by atoms with van der Waals surface area (Å²) in [4.78, 5) is 0. The van der Waals surface area contributed by atoms with Gasteiger partial charge in [-0.1, -0.05) is 23.7 Å². The Morgan fingerprint density at radius 2 is 1.56 bits per heavy atom. The molecule has 0 heterocycles. The van der Waals surface area contributed by atoms with Gasteiger partial charge < -0.3 is 5.73 Å². The fourth-order valence-electron chi connectivity index (χ4n) is 1.20. The molecule has 0 aliphatic heterocycles. The van der Waals surface area contributed by atoms with E-state index < -0.39 is 0 Å². The van der Waals surface area contributed by atoms with E-state index in [1.807, 2.05) is 18.2 Å². The van der Waals surface area contributed by atoms with Crippen molar-refractivity contribution in [2.75, 3.05) is 5.73 Å². The molecule has 2 rings (SSSR count). The first-order chi connectivity index (χ1) is 7.75. The second-order valence-electron chi connectivity index (χ2n) is 3.24. The molecule has 0 fully saturated rings. The summed E-state index contributed by atoms with van der Waals surface area (Å²) >= 11 is 5.76. The van der Waals surface area contributed by atoms with Crippen LogP contribution in [0.15, 0.2) is 58.8 Å². The van der Waals surface area contributed by atoms with Crippen molar-refractivity contribution in [3.05, 3.63) is 53.6 Å². The SMILES string of the molecule is Nc1ccccc1N=Nc1ccc(Cl)cc1. The standard InChI is InChI=1S/C12H10ClN3/c13-9-5-7-10(8-6-9)15-16-12-4-2-1-3-11(12)14/h1-8H,14H2. The summed E-state index contributed by atoms with van der Waals surface area (Å²) in [5, 5.41) is 8.81. The van der Waals surface area contributed by atoms with Crippen molar-refractivity contribution >= 4 is 28.7 Å². The minimum atomic E-state index is 0.611. The van der Waals surface area contributed by atoms with Crippen LogP contribution < -0.4 is 5.73 Å². The zero-order valence-electron chi connectivity index (χ0n) is 8.47. The fraction of sp³-hybridized carbons (Fsp3) is 0. The molecule has 0 bridgehead atoms. The Kier molecular flexibility index (Phi) is 3.17. The minimum absolute atomic E-state index is 0.611. The molecular formula is C12H10ClN3. The number of hydrogen-bond acceptors (Lipinski definition) is 3. The largest absolute Gasteiger partial charge is 0.397 e. The highest BCUT2D eigenvalue weighted by atomic mass is 35.5. The number of halogens is 1. The molecule has 0 amide bonds. The van der Waals surface area contributed by atoms with Gasteiger partial charge in [-0.3, -0.25) is 0 Å². The third-order valence-corrected chi connectivity index (χ3v) is 2.29. The van der Waals surface area contributed by atoms with E-state index in [-0.39, 0.29) is 0 Å². The Bertz CT molecular complexity index is 506. The summed E-state index contributed by atoms with van der Waals surface area (Å²) in [7, 11) is 0. The van der Waals surface area contributed by atoms with Gasteiger partial charge in [0.25, 0.3) is 0 Å². The highest BCUT2D eigenvalue weighted by Crippen LogP contribution is 2.24. The number of nitrogens with zero attached hydrogens (tertiary/aromatic N) is 2. The Hall–Kier alpha value is -1.87. The molecule has 0 aliphatic carbocycles. The van der Waals surface area contributed by atoms with Crippen molar-refractivity contribution in [1.82, 2.24) is 0 Å². The van der Waals surface area contributed by atoms with Crippen LogP contribution in [-0.2, 0) is 0 Å². The van der Waals surface area contributed by atoms with Gasteiger partial charge in [-0.15, -0.1) is 5.11 Å². The lowest BCUT2D eigenvalue weighted by molar-refractivity contribution is 1.23. The monoisotopic (exact) mass is 231 g/mol. The highest BCUT2D eigenvalue weighted by molar-refractivity contribution is 6.30. The van der Waals surface area contributed by atoms with Crippen LogP contribution in [0.2, 0.25) is 5.02 Å². The summed E-state index contributed by atoms with van der Waals surface area (Å²) in [5.74, 6) is 0. The average molecular weight is 232 g/mol. The van der Waals surface area contributed by atoms with E-state index >= 15 is 0 Å². The Morgan fingerprint density at radius 3 is 2.25 bits per heavy atom. The maximum Gasteiger partial charge on any atom is 0.109 e. The van der Waals surface area contributed by atoms with Crippen LogP contribution in [0.1, 0.15) is 0 Å². The number of azo groups is 1. The minimum Gasteiger partial charge on any atom is -0.397 e. The molecule has 0 spiro atoms. The van der Waals surface area contributed by atoms with E-state index in [2.05, 4.69) is 10.2 Å².